The Morgan fingerprint density at radius 2 is 1.72 bits per heavy atom. The molecule has 1 atom stereocenters. The van der Waals surface area contributed by atoms with Gasteiger partial charge >= 0.3 is 0 Å². The van der Waals surface area contributed by atoms with Crippen LogP contribution in [0.1, 0.15) is 29.8 Å². The van der Waals surface area contributed by atoms with E-state index in [1.54, 1.807) is 36.2 Å². The lowest BCUT2D eigenvalue weighted by molar-refractivity contribution is -0.121. The van der Waals surface area contributed by atoms with Crippen LogP contribution in [0.15, 0.2) is 48.5 Å². The van der Waals surface area contributed by atoms with Crippen LogP contribution in [0.5, 0.6) is 0 Å². The molecular weight excluding hydrogens is 336 g/mol. The van der Waals surface area contributed by atoms with Crippen molar-refractivity contribution in [1.82, 2.24) is 5.32 Å². The SMILES string of the molecule is Cc1cccc(N(C)C(=O)C(NC(=O)c2ccc(Cl)cc2)C(C)C)c1. The van der Waals surface area contributed by atoms with Crippen molar-refractivity contribution in [3.05, 3.63) is 64.7 Å². The number of hydrogen-bond donors (Lipinski definition) is 1. The number of likely N-dealkylation sites (N-methyl/N-ethyl adjacent to an activating group) is 1. The number of carbonyl (C=O) groups excluding carboxylic acids is 2. The van der Waals surface area contributed by atoms with Crippen LogP contribution in [0, 0.1) is 12.8 Å². The largest absolute Gasteiger partial charge is 0.340 e. The number of carbonyl (C=O) groups is 2. The second-order valence-electron chi connectivity index (χ2n) is 6.44. The molecular formula is C20H23ClN2O2. The second-order valence-corrected chi connectivity index (χ2v) is 6.87. The Morgan fingerprint density at radius 3 is 2.28 bits per heavy atom. The zero-order chi connectivity index (χ0) is 18.6. The number of nitrogens with one attached hydrogen (secondary N) is 1. The van der Waals surface area contributed by atoms with E-state index in [0.717, 1.165) is 11.3 Å². The normalized spacial score (nSPS) is 11.9. The van der Waals surface area contributed by atoms with Crippen molar-refractivity contribution < 1.29 is 9.59 Å². The lowest BCUT2D eigenvalue weighted by Gasteiger charge is -2.27. The highest BCUT2D eigenvalue weighted by Crippen LogP contribution is 2.17. The third kappa shape index (κ3) is 4.83. The van der Waals surface area contributed by atoms with Gasteiger partial charge in [0.15, 0.2) is 0 Å². The van der Waals surface area contributed by atoms with E-state index in [1.807, 2.05) is 45.0 Å². The fraction of sp³-hybridized carbons (Fsp3) is 0.300. The van der Waals surface area contributed by atoms with Gasteiger partial charge in [-0.2, -0.15) is 0 Å². The summed E-state index contributed by atoms with van der Waals surface area (Å²) in [5.74, 6) is -0.486. The molecule has 2 rings (SSSR count). The van der Waals surface area contributed by atoms with Gasteiger partial charge in [-0.15, -0.1) is 0 Å². The molecule has 0 aliphatic heterocycles. The average Bonchev–Trinajstić information content (AvgIpc) is 2.58. The zero-order valence-corrected chi connectivity index (χ0v) is 15.7. The van der Waals surface area contributed by atoms with Crippen molar-refractivity contribution in [2.75, 3.05) is 11.9 Å². The Kier molecular flexibility index (Phi) is 6.21. The Hall–Kier alpha value is -2.33. The fourth-order valence-corrected chi connectivity index (χ4v) is 2.64. The fourth-order valence-electron chi connectivity index (χ4n) is 2.51. The Morgan fingerprint density at radius 1 is 1.08 bits per heavy atom. The molecule has 2 amide bonds. The van der Waals surface area contributed by atoms with Gasteiger partial charge in [-0.05, 0) is 54.8 Å². The van der Waals surface area contributed by atoms with Crippen molar-refractivity contribution in [2.45, 2.75) is 26.8 Å². The molecule has 132 valence electrons. The maximum absolute atomic E-state index is 12.9. The van der Waals surface area contributed by atoms with E-state index < -0.39 is 6.04 Å². The summed E-state index contributed by atoms with van der Waals surface area (Å²) in [5, 5.41) is 3.41. The van der Waals surface area contributed by atoms with Crippen LogP contribution in [0.4, 0.5) is 5.69 Å². The molecule has 4 nitrogen and oxygen atoms in total. The topological polar surface area (TPSA) is 49.4 Å². The number of halogens is 1. The van der Waals surface area contributed by atoms with Crippen LogP contribution in [-0.4, -0.2) is 24.9 Å². The van der Waals surface area contributed by atoms with E-state index in [1.165, 1.54) is 0 Å². The molecule has 0 aromatic heterocycles. The van der Waals surface area contributed by atoms with Crippen LogP contribution < -0.4 is 10.2 Å². The number of hydrogen-bond acceptors (Lipinski definition) is 2. The van der Waals surface area contributed by atoms with Crippen molar-refractivity contribution >= 4 is 29.1 Å². The van der Waals surface area contributed by atoms with Crippen LogP contribution in [-0.2, 0) is 4.79 Å². The molecule has 1 unspecified atom stereocenters. The minimum atomic E-state index is -0.617. The minimum absolute atomic E-state index is 0.0454. The molecule has 5 heteroatoms. The van der Waals surface area contributed by atoms with Gasteiger partial charge in [-0.25, -0.2) is 0 Å². The highest BCUT2D eigenvalue weighted by molar-refractivity contribution is 6.30. The van der Waals surface area contributed by atoms with Gasteiger partial charge in [0.1, 0.15) is 6.04 Å². The summed E-state index contributed by atoms with van der Waals surface area (Å²) < 4.78 is 0. The van der Waals surface area contributed by atoms with Gasteiger partial charge in [-0.1, -0.05) is 37.6 Å². The molecule has 0 saturated heterocycles. The first-order valence-electron chi connectivity index (χ1n) is 8.20. The second kappa shape index (κ2) is 8.17. The molecule has 0 aliphatic rings. The van der Waals surface area contributed by atoms with Crippen molar-refractivity contribution in [3.8, 4) is 0 Å². The molecule has 1 N–H and O–H groups in total. The highest BCUT2D eigenvalue weighted by atomic mass is 35.5. The van der Waals surface area contributed by atoms with Gasteiger partial charge in [-0.3, -0.25) is 9.59 Å². The van der Waals surface area contributed by atoms with Crippen LogP contribution in [0.2, 0.25) is 5.02 Å². The molecule has 0 spiro atoms. The Bertz CT molecular complexity index is 757. The van der Waals surface area contributed by atoms with Crippen LogP contribution in [0.3, 0.4) is 0 Å². The van der Waals surface area contributed by atoms with Gasteiger partial charge in [0, 0.05) is 23.3 Å². The van der Waals surface area contributed by atoms with E-state index in [-0.39, 0.29) is 17.7 Å². The van der Waals surface area contributed by atoms with Gasteiger partial charge in [0.05, 0.1) is 0 Å². The molecule has 25 heavy (non-hydrogen) atoms. The lowest BCUT2D eigenvalue weighted by atomic mass is 10.0. The van der Waals surface area contributed by atoms with E-state index in [9.17, 15) is 9.59 Å². The summed E-state index contributed by atoms with van der Waals surface area (Å²) in [6, 6.07) is 13.7. The minimum Gasteiger partial charge on any atom is -0.340 e. The summed E-state index contributed by atoms with van der Waals surface area (Å²) in [6.07, 6.45) is 0. The van der Waals surface area contributed by atoms with Crippen molar-refractivity contribution in [2.24, 2.45) is 5.92 Å². The highest BCUT2D eigenvalue weighted by Gasteiger charge is 2.28. The van der Waals surface area contributed by atoms with E-state index in [4.69, 9.17) is 11.6 Å². The van der Waals surface area contributed by atoms with Gasteiger partial charge in [0.2, 0.25) is 5.91 Å². The molecule has 0 radical (unpaired) electrons. The monoisotopic (exact) mass is 358 g/mol. The van der Waals surface area contributed by atoms with Crippen LogP contribution in [0.25, 0.3) is 0 Å². The first-order chi connectivity index (χ1) is 11.8. The number of rotatable bonds is 5. The van der Waals surface area contributed by atoms with Crippen LogP contribution >= 0.6 is 11.6 Å². The van der Waals surface area contributed by atoms with Gasteiger partial charge in [0.25, 0.3) is 5.91 Å². The standard InChI is InChI=1S/C20H23ClN2O2/c1-13(2)18(22-19(24)15-8-10-16(21)11-9-15)20(25)23(4)17-7-5-6-14(3)12-17/h5-13,18H,1-4H3,(H,22,24). The molecule has 0 fully saturated rings. The van der Waals surface area contributed by atoms with Crippen molar-refractivity contribution in [3.63, 3.8) is 0 Å². The first kappa shape index (κ1) is 19.0. The average molecular weight is 359 g/mol. The number of benzene rings is 2. The van der Waals surface area contributed by atoms with E-state index in [0.29, 0.717) is 10.6 Å². The smallest absolute Gasteiger partial charge is 0.251 e. The van der Waals surface area contributed by atoms with E-state index >= 15 is 0 Å². The molecule has 0 heterocycles. The predicted octanol–water partition coefficient (Wildman–Crippen LogP) is 4.07. The lowest BCUT2D eigenvalue weighted by Crippen LogP contribution is -2.50. The predicted molar refractivity (Wildman–Crippen MR) is 102 cm³/mol. The number of anilines is 1. The Balaban J connectivity index is 2.17. The molecule has 0 bridgehead atoms. The summed E-state index contributed by atoms with van der Waals surface area (Å²) in [5.41, 5.74) is 2.35. The quantitative estimate of drug-likeness (QED) is 0.876. The van der Waals surface area contributed by atoms with E-state index in [2.05, 4.69) is 5.32 Å². The van der Waals surface area contributed by atoms with Gasteiger partial charge < -0.3 is 10.2 Å². The summed E-state index contributed by atoms with van der Waals surface area (Å²) in [4.78, 5) is 27.0. The maximum atomic E-state index is 12.9. The molecule has 2 aromatic carbocycles. The Labute approximate surface area is 153 Å². The van der Waals surface area contributed by atoms with Crippen molar-refractivity contribution in [1.29, 1.82) is 0 Å². The summed E-state index contributed by atoms with van der Waals surface area (Å²) in [6.45, 7) is 5.80. The number of nitrogens with zero attached hydrogens (tertiary/aromatic N) is 1. The molecule has 2 aromatic rings. The number of aryl methyl sites for hydroxylation is 1. The summed E-state index contributed by atoms with van der Waals surface area (Å²) >= 11 is 5.85. The first-order valence-corrected chi connectivity index (χ1v) is 8.58. The third-order valence-corrected chi connectivity index (χ3v) is 4.30. The zero-order valence-electron chi connectivity index (χ0n) is 14.9. The molecule has 0 saturated carbocycles. The number of amides is 2. The summed E-state index contributed by atoms with van der Waals surface area (Å²) in [7, 11) is 1.72. The maximum Gasteiger partial charge on any atom is 0.251 e. The third-order valence-electron chi connectivity index (χ3n) is 4.05. The molecule has 0 aliphatic carbocycles.